The topological polar surface area (TPSA) is 78.9 Å². The van der Waals surface area contributed by atoms with Crippen LogP contribution in [0.25, 0.3) is 0 Å². The number of nitrogens with zero attached hydrogens (tertiary/aromatic N) is 2. The Bertz CT molecular complexity index is 994. The van der Waals surface area contributed by atoms with Crippen LogP contribution >= 0.6 is 23.8 Å². The van der Waals surface area contributed by atoms with Crippen molar-refractivity contribution in [2.45, 2.75) is 13.5 Å². The molecule has 144 valence electrons. The van der Waals surface area contributed by atoms with Crippen LogP contribution in [0.5, 0.6) is 0 Å². The Balaban J connectivity index is 1.53. The lowest BCUT2D eigenvalue weighted by Gasteiger charge is -2.13. The summed E-state index contributed by atoms with van der Waals surface area (Å²) < 4.78 is 30.6. The lowest BCUT2D eigenvalue weighted by atomic mass is 10.2. The van der Waals surface area contributed by atoms with Gasteiger partial charge in [-0.2, -0.15) is 0 Å². The zero-order valence-corrected chi connectivity index (χ0v) is 16.3. The number of benzene rings is 2. The molecule has 28 heavy (non-hydrogen) atoms. The van der Waals surface area contributed by atoms with Crippen molar-refractivity contribution >= 4 is 46.1 Å². The van der Waals surface area contributed by atoms with Gasteiger partial charge >= 0.3 is 0 Å². The predicted molar refractivity (Wildman–Crippen MR) is 108 cm³/mol. The summed E-state index contributed by atoms with van der Waals surface area (Å²) in [6, 6.07) is 9.13. The maximum atomic E-state index is 13.6. The molecule has 1 amide bonds. The highest BCUT2D eigenvalue weighted by molar-refractivity contribution is 7.80. The number of thiocarbonyl (C=S) groups is 1. The molecule has 0 saturated carbocycles. The number of carbonyl (C=O) groups is 1. The zero-order valence-electron chi connectivity index (χ0n) is 14.6. The summed E-state index contributed by atoms with van der Waals surface area (Å²) in [5, 5.41) is 14.0. The van der Waals surface area contributed by atoms with Gasteiger partial charge in [-0.1, -0.05) is 16.6 Å². The van der Waals surface area contributed by atoms with Crippen LogP contribution < -0.4 is 16.0 Å². The fourth-order valence-electron chi connectivity index (χ4n) is 2.29. The second-order valence-electron chi connectivity index (χ2n) is 5.81. The van der Waals surface area contributed by atoms with Crippen molar-refractivity contribution in [2.24, 2.45) is 0 Å². The minimum absolute atomic E-state index is 0.238. The van der Waals surface area contributed by atoms with E-state index in [0.717, 1.165) is 23.2 Å². The summed E-state index contributed by atoms with van der Waals surface area (Å²) in [6.45, 7) is 1.93. The fraction of sp³-hybridized carbons (Fsp3) is 0.111. The molecule has 0 atom stereocenters. The van der Waals surface area contributed by atoms with Gasteiger partial charge in [0.05, 0.1) is 0 Å². The molecule has 6 nitrogen and oxygen atoms in total. The summed E-state index contributed by atoms with van der Waals surface area (Å²) >= 11 is 6.28. The first-order chi connectivity index (χ1) is 13.4. The van der Waals surface area contributed by atoms with E-state index in [2.05, 4.69) is 25.5 Å². The van der Waals surface area contributed by atoms with Gasteiger partial charge < -0.3 is 16.0 Å². The molecule has 0 fully saturated rings. The zero-order chi connectivity index (χ0) is 20.1. The van der Waals surface area contributed by atoms with Crippen molar-refractivity contribution in [2.75, 3.05) is 10.6 Å². The number of nitrogens with one attached hydrogen (secondary N) is 3. The number of rotatable bonds is 5. The Morgan fingerprint density at radius 1 is 1.18 bits per heavy atom. The van der Waals surface area contributed by atoms with Crippen LogP contribution in [0.15, 0.2) is 41.8 Å². The van der Waals surface area contributed by atoms with E-state index in [9.17, 15) is 13.6 Å². The van der Waals surface area contributed by atoms with E-state index in [1.165, 1.54) is 13.0 Å². The van der Waals surface area contributed by atoms with Gasteiger partial charge in [-0.3, -0.25) is 4.79 Å². The minimum Gasteiger partial charge on any atom is -0.358 e. The standard InChI is InChI=1S/C18H15F2N5OS2/c1-10-14(20)6-12(19)7-15(10)23-18(27)21-8-11-2-4-13(5-3-11)22-17(26)16-9-28-25-24-16/h2-7,9H,8H2,1H3,(H,22,26)(H2,21,23,27). The third-order valence-electron chi connectivity index (χ3n) is 3.81. The average molecular weight is 419 g/mol. The molecular formula is C18H15F2N5OS2. The van der Waals surface area contributed by atoms with Crippen molar-refractivity contribution in [3.05, 3.63) is 70.2 Å². The second kappa shape index (κ2) is 8.81. The summed E-state index contributed by atoms with van der Waals surface area (Å²) in [7, 11) is 0. The monoisotopic (exact) mass is 419 g/mol. The first-order valence-corrected chi connectivity index (χ1v) is 9.34. The molecule has 0 unspecified atom stereocenters. The van der Waals surface area contributed by atoms with E-state index in [0.29, 0.717) is 12.2 Å². The highest BCUT2D eigenvalue weighted by Crippen LogP contribution is 2.20. The van der Waals surface area contributed by atoms with Crippen LogP contribution in [-0.4, -0.2) is 20.6 Å². The SMILES string of the molecule is Cc1c(F)cc(F)cc1NC(=S)NCc1ccc(NC(=O)c2csnn2)cc1. The maximum Gasteiger partial charge on any atom is 0.277 e. The smallest absolute Gasteiger partial charge is 0.277 e. The molecule has 0 aliphatic carbocycles. The van der Waals surface area contributed by atoms with Crippen LogP contribution in [-0.2, 0) is 6.54 Å². The van der Waals surface area contributed by atoms with Crippen molar-refractivity contribution in [3.63, 3.8) is 0 Å². The minimum atomic E-state index is -0.681. The Morgan fingerprint density at radius 3 is 2.61 bits per heavy atom. The number of hydrogen-bond donors (Lipinski definition) is 3. The van der Waals surface area contributed by atoms with Crippen LogP contribution in [0.3, 0.4) is 0 Å². The number of hydrogen-bond acceptors (Lipinski definition) is 5. The van der Waals surface area contributed by atoms with Crippen LogP contribution in [0, 0.1) is 18.6 Å². The van der Waals surface area contributed by atoms with Crippen molar-refractivity contribution in [1.29, 1.82) is 0 Å². The lowest BCUT2D eigenvalue weighted by molar-refractivity contribution is 0.102. The Labute approximate surface area is 169 Å². The van der Waals surface area contributed by atoms with Gasteiger partial charge in [0.1, 0.15) is 11.6 Å². The second-order valence-corrected chi connectivity index (χ2v) is 6.83. The normalized spacial score (nSPS) is 10.4. The molecule has 0 bridgehead atoms. The number of anilines is 2. The average Bonchev–Trinajstić information content (AvgIpc) is 3.20. The van der Waals surface area contributed by atoms with Crippen LogP contribution in [0.4, 0.5) is 20.2 Å². The van der Waals surface area contributed by atoms with Crippen molar-refractivity contribution < 1.29 is 13.6 Å². The molecular weight excluding hydrogens is 404 g/mol. The first-order valence-electron chi connectivity index (χ1n) is 8.10. The number of halogens is 2. The maximum absolute atomic E-state index is 13.6. The van der Waals surface area contributed by atoms with Gasteiger partial charge in [0.2, 0.25) is 0 Å². The molecule has 0 spiro atoms. The molecule has 3 aromatic rings. The molecule has 1 aromatic heterocycles. The van der Waals surface area contributed by atoms with E-state index in [1.807, 2.05) is 12.1 Å². The van der Waals surface area contributed by atoms with E-state index >= 15 is 0 Å². The highest BCUT2D eigenvalue weighted by Gasteiger charge is 2.10. The molecule has 1 heterocycles. The van der Waals surface area contributed by atoms with Crippen LogP contribution in [0.1, 0.15) is 21.6 Å². The summed E-state index contributed by atoms with van der Waals surface area (Å²) in [4.78, 5) is 11.9. The van der Waals surface area contributed by atoms with Crippen molar-refractivity contribution in [1.82, 2.24) is 14.9 Å². The van der Waals surface area contributed by atoms with E-state index in [-0.39, 0.29) is 28.0 Å². The first kappa shape index (κ1) is 19.8. The van der Waals surface area contributed by atoms with Crippen molar-refractivity contribution in [3.8, 4) is 0 Å². The van der Waals surface area contributed by atoms with Gasteiger partial charge in [0, 0.05) is 34.9 Å². The fourth-order valence-corrected chi connectivity index (χ4v) is 2.91. The predicted octanol–water partition coefficient (Wildman–Crippen LogP) is 3.86. The molecule has 3 rings (SSSR count). The Hall–Kier alpha value is -2.98. The largest absolute Gasteiger partial charge is 0.358 e. The quantitative estimate of drug-likeness (QED) is 0.545. The van der Waals surface area contributed by atoms with Gasteiger partial charge in [-0.25, -0.2) is 8.78 Å². The third-order valence-corrected chi connectivity index (χ3v) is 4.57. The molecule has 0 aliphatic heterocycles. The van der Waals surface area contributed by atoms with Gasteiger partial charge in [0.15, 0.2) is 10.8 Å². The van der Waals surface area contributed by atoms with Gasteiger partial charge in [-0.15, -0.1) is 5.10 Å². The summed E-state index contributed by atoms with van der Waals surface area (Å²) in [5.41, 5.74) is 2.33. The number of carbonyl (C=O) groups excluding carboxylic acids is 1. The summed E-state index contributed by atoms with van der Waals surface area (Å²) in [6.07, 6.45) is 0. The van der Waals surface area contributed by atoms with Crippen LogP contribution in [0.2, 0.25) is 0 Å². The molecule has 10 heteroatoms. The number of amides is 1. The van der Waals surface area contributed by atoms with Gasteiger partial charge in [-0.05, 0) is 54.4 Å². The molecule has 0 aliphatic rings. The lowest BCUT2D eigenvalue weighted by Crippen LogP contribution is -2.28. The molecule has 2 aromatic carbocycles. The Morgan fingerprint density at radius 2 is 1.93 bits per heavy atom. The number of aromatic nitrogens is 2. The molecule has 0 radical (unpaired) electrons. The highest BCUT2D eigenvalue weighted by atomic mass is 32.1. The van der Waals surface area contributed by atoms with Gasteiger partial charge in [0.25, 0.3) is 5.91 Å². The summed E-state index contributed by atoms with van der Waals surface area (Å²) in [5.74, 6) is -1.65. The van der Waals surface area contributed by atoms with E-state index in [1.54, 1.807) is 17.5 Å². The van der Waals surface area contributed by atoms with E-state index < -0.39 is 11.6 Å². The third kappa shape index (κ3) is 5.05. The van der Waals surface area contributed by atoms with E-state index in [4.69, 9.17) is 12.2 Å². The Kier molecular flexibility index (Phi) is 6.22. The molecule has 3 N–H and O–H groups in total. The molecule has 0 saturated heterocycles.